The molecule has 152 valence electrons. The van der Waals surface area contributed by atoms with Crippen molar-refractivity contribution in [3.05, 3.63) is 91.0 Å². The normalized spacial score (nSPS) is 11.0. The predicted octanol–water partition coefficient (Wildman–Crippen LogP) is 4.86. The maximum atomic E-state index is 5.96. The maximum absolute atomic E-state index is 5.96. The number of hydrogen-bond acceptors (Lipinski definition) is 5. The highest BCUT2D eigenvalue weighted by Crippen LogP contribution is 2.32. The molecule has 0 atom stereocenters. The van der Waals surface area contributed by atoms with Crippen molar-refractivity contribution in [3.63, 3.8) is 0 Å². The predicted molar refractivity (Wildman–Crippen MR) is 122 cm³/mol. The second-order valence-electron chi connectivity index (χ2n) is 7.31. The van der Waals surface area contributed by atoms with Crippen molar-refractivity contribution >= 4 is 16.9 Å². The van der Waals surface area contributed by atoms with Crippen LogP contribution in [0.25, 0.3) is 33.4 Å². The van der Waals surface area contributed by atoms with Gasteiger partial charge in [0.1, 0.15) is 18.2 Å². The van der Waals surface area contributed by atoms with E-state index in [2.05, 4.69) is 25.6 Å². The number of fused-ring (bicyclic) bond motifs is 1. The summed E-state index contributed by atoms with van der Waals surface area (Å²) in [6.45, 7) is 0.413. The van der Waals surface area contributed by atoms with Crippen molar-refractivity contribution in [2.24, 2.45) is 7.05 Å². The Kier molecular flexibility index (Phi) is 4.80. The number of benzene rings is 1. The van der Waals surface area contributed by atoms with Gasteiger partial charge in [0.2, 0.25) is 0 Å². The van der Waals surface area contributed by atoms with Crippen LogP contribution in [-0.4, -0.2) is 19.5 Å². The highest BCUT2D eigenvalue weighted by molar-refractivity contribution is 5.81. The van der Waals surface area contributed by atoms with Crippen molar-refractivity contribution in [2.45, 2.75) is 6.61 Å². The van der Waals surface area contributed by atoms with Crippen LogP contribution >= 0.6 is 0 Å². The van der Waals surface area contributed by atoms with Gasteiger partial charge in [-0.3, -0.25) is 4.98 Å². The fourth-order valence-electron chi connectivity index (χ4n) is 3.60. The first-order chi connectivity index (χ1) is 15.2. The second-order valence-corrected chi connectivity index (χ2v) is 7.31. The molecule has 0 amide bonds. The number of aryl methyl sites for hydroxylation is 1. The third-order valence-corrected chi connectivity index (χ3v) is 5.22. The molecule has 2 N–H and O–H groups in total. The lowest BCUT2D eigenvalue weighted by molar-refractivity contribution is 0.302. The van der Waals surface area contributed by atoms with Crippen LogP contribution in [0, 0.1) is 0 Å². The Labute approximate surface area is 180 Å². The second kappa shape index (κ2) is 7.91. The molecule has 0 aliphatic rings. The molecule has 6 nitrogen and oxygen atoms in total. The van der Waals surface area contributed by atoms with Gasteiger partial charge >= 0.3 is 0 Å². The minimum atomic E-state index is 0.413. The summed E-state index contributed by atoms with van der Waals surface area (Å²) in [6.07, 6.45) is 5.51. The number of pyridine rings is 3. The number of nitrogens with zero attached hydrogens (tertiary/aromatic N) is 4. The summed E-state index contributed by atoms with van der Waals surface area (Å²) < 4.78 is 8.01. The van der Waals surface area contributed by atoms with Crippen LogP contribution in [0.4, 0.5) is 5.82 Å². The van der Waals surface area contributed by atoms with Gasteiger partial charge in [-0.1, -0.05) is 12.1 Å². The van der Waals surface area contributed by atoms with Crippen LogP contribution in [0.1, 0.15) is 5.69 Å². The number of hydrogen-bond donors (Lipinski definition) is 1. The number of nitrogen functional groups attached to an aromatic ring is 1. The van der Waals surface area contributed by atoms with Gasteiger partial charge in [-0.05, 0) is 60.2 Å². The zero-order chi connectivity index (χ0) is 21.2. The summed E-state index contributed by atoms with van der Waals surface area (Å²) in [7, 11) is 2.01. The van der Waals surface area contributed by atoms with E-state index < -0.39 is 0 Å². The molecule has 4 heterocycles. The highest BCUT2D eigenvalue weighted by atomic mass is 16.5. The average molecular weight is 407 g/mol. The first-order valence-electron chi connectivity index (χ1n) is 9.98. The number of anilines is 1. The zero-order valence-electron chi connectivity index (χ0n) is 17.1. The Morgan fingerprint density at radius 3 is 2.45 bits per heavy atom. The topological polar surface area (TPSA) is 78.9 Å². The van der Waals surface area contributed by atoms with Crippen LogP contribution in [0.3, 0.4) is 0 Å². The molecule has 1 aromatic carbocycles. The summed E-state index contributed by atoms with van der Waals surface area (Å²) in [5.74, 6) is 1.27. The monoisotopic (exact) mass is 407 g/mol. The van der Waals surface area contributed by atoms with Gasteiger partial charge in [-0.2, -0.15) is 0 Å². The summed E-state index contributed by atoms with van der Waals surface area (Å²) in [5, 5.41) is 0. The molecular formula is C25H21N5O. The fraction of sp³-hybridized carbons (Fsp3) is 0.0800. The van der Waals surface area contributed by atoms with E-state index in [1.807, 2.05) is 73.9 Å². The lowest BCUT2D eigenvalue weighted by atomic mass is 10.00. The molecular weight excluding hydrogens is 386 g/mol. The number of ether oxygens (including phenoxy) is 1. The number of nitrogens with two attached hydrogens (primary N) is 1. The molecule has 0 fully saturated rings. The van der Waals surface area contributed by atoms with Gasteiger partial charge in [-0.15, -0.1) is 0 Å². The molecule has 4 aromatic heterocycles. The third-order valence-electron chi connectivity index (χ3n) is 5.22. The average Bonchev–Trinajstić information content (AvgIpc) is 3.19. The highest BCUT2D eigenvalue weighted by Gasteiger charge is 2.10. The molecule has 0 aliphatic carbocycles. The van der Waals surface area contributed by atoms with E-state index >= 15 is 0 Å². The molecule has 0 saturated carbocycles. The Morgan fingerprint density at radius 1 is 0.839 bits per heavy atom. The lowest BCUT2D eigenvalue weighted by Crippen LogP contribution is -1.99. The van der Waals surface area contributed by atoms with E-state index in [0.717, 1.165) is 44.9 Å². The van der Waals surface area contributed by atoms with Gasteiger partial charge in [0.15, 0.2) is 0 Å². The van der Waals surface area contributed by atoms with Gasteiger partial charge < -0.3 is 15.0 Å². The summed E-state index contributed by atoms with van der Waals surface area (Å²) >= 11 is 0. The Bertz CT molecular complexity index is 1340. The summed E-state index contributed by atoms with van der Waals surface area (Å²) in [5.41, 5.74) is 12.8. The van der Waals surface area contributed by atoms with Crippen molar-refractivity contribution < 1.29 is 4.74 Å². The van der Waals surface area contributed by atoms with E-state index in [1.54, 1.807) is 12.4 Å². The smallest absolute Gasteiger partial charge is 0.130 e. The molecule has 0 saturated heterocycles. The minimum absolute atomic E-state index is 0.413. The van der Waals surface area contributed by atoms with Crippen LogP contribution < -0.4 is 10.5 Å². The fourth-order valence-corrected chi connectivity index (χ4v) is 3.60. The summed E-state index contributed by atoms with van der Waals surface area (Å²) in [4.78, 5) is 13.3. The van der Waals surface area contributed by atoms with Gasteiger partial charge in [0.05, 0.1) is 22.4 Å². The molecule has 0 bridgehead atoms. The van der Waals surface area contributed by atoms with Crippen molar-refractivity contribution in [1.29, 1.82) is 0 Å². The molecule has 0 spiro atoms. The van der Waals surface area contributed by atoms with Crippen LogP contribution in [0.15, 0.2) is 85.3 Å². The molecule has 5 rings (SSSR count). The van der Waals surface area contributed by atoms with E-state index in [4.69, 9.17) is 10.5 Å². The van der Waals surface area contributed by atoms with E-state index in [9.17, 15) is 0 Å². The SMILES string of the molecule is Cn1ccc2nc(COc3ccc(-c4ccc(N)nc4-c4ccncc4)cc3)ccc21. The summed E-state index contributed by atoms with van der Waals surface area (Å²) in [6, 6.07) is 21.7. The Balaban J connectivity index is 1.36. The van der Waals surface area contributed by atoms with Crippen molar-refractivity contribution in [3.8, 4) is 28.1 Å². The lowest BCUT2D eigenvalue weighted by Gasteiger charge is -2.11. The molecule has 5 aromatic rings. The van der Waals surface area contributed by atoms with Crippen molar-refractivity contribution in [1.82, 2.24) is 19.5 Å². The maximum Gasteiger partial charge on any atom is 0.130 e. The molecule has 0 aliphatic heterocycles. The van der Waals surface area contributed by atoms with Crippen LogP contribution in [0.2, 0.25) is 0 Å². The third kappa shape index (κ3) is 3.83. The van der Waals surface area contributed by atoms with E-state index in [1.165, 1.54) is 0 Å². The van der Waals surface area contributed by atoms with Crippen LogP contribution in [-0.2, 0) is 13.7 Å². The largest absolute Gasteiger partial charge is 0.487 e. The molecule has 0 radical (unpaired) electrons. The molecule has 6 heteroatoms. The zero-order valence-corrected chi connectivity index (χ0v) is 17.1. The van der Waals surface area contributed by atoms with Gasteiger partial charge in [0, 0.05) is 36.8 Å². The Morgan fingerprint density at radius 2 is 1.65 bits per heavy atom. The number of aromatic nitrogens is 4. The first-order valence-corrected chi connectivity index (χ1v) is 9.98. The Hall–Kier alpha value is -4.19. The van der Waals surface area contributed by atoms with Crippen LogP contribution in [0.5, 0.6) is 5.75 Å². The number of rotatable bonds is 5. The van der Waals surface area contributed by atoms with Gasteiger partial charge in [0.25, 0.3) is 0 Å². The van der Waals surface area contributed by atoms with Crippen molar-refractivity contribution in [2.75, 3.05) is 5.73 Å². The minimum Gasteiger partial charge on any atom is -0.487 e. The standard InChI is InChI=1S/C25H21N5O/c1-30-15-12-22-23(30)8-4-19(28-22)16-31-20-5-2-17(3-6-20)21-7-9-24(26)29-25(21)18-10-13-27-14-11-18/h2-15H,16H2,1H3,(H2,26,29). The van der Waals surface area contributed by atoms with Gasteiger partial charge in [-0.25, -0.2) is 9.97 Å². The van der Waals surface area contributed by atoms with E-state index in [0.29, 0.717) is 12.4 Å². The quantitative estimate of drug-likeness (QED) is 0.450. The first kappa shape index (κ1) is 18.8. The van der Waals surface area contributed by atoms with E-state index in [-0.39, 0.29) is 0 Å². The molecule has 0 unspecified atom stereocenters. The molecule has 31 heavy (non-hydrogen) atoms.